The molecule has 1 aromatic rings. The van der Waals surface area contributed by atoms with Crippen molar-refractivity contribution in [2.75, 3.05) is 46.9 Å². The van der Waals surface area contributed by atoms with Crippen LogP contribution in [-0.4, -0.2) is 57.7 Å². The molecule has 2 rings (SSSR count). The van der Waals surface area contributed by atoms with Gasteiger partial charge in [0.15, 0.2) is 5.96 Å². The second-order valence-electron chi connectivity index (χ2n) is 6.17. The van der Waals surface area contributed by atoms with E-state index in [0.717, 1.165) is 31.2 Å². The maximum absolute atomic E-state index is 5.68. The Labute approximate surface area is 140 Å². The van der Waals surface area contributed by atoms with Crippen LogP contribution >= 0.6 is 0 Å². The fourth-order valence-electron chi connectivity index (χ4n) is 2.89. The zero-order valence-electron chi connectivity index (χ0n) is 14.4. The lowest BCUT2D eigenvalue weighted by Gasteiger charge is -2.30. The van der Waals surface area contributed by atoms with E-state index in [0.29, 0.717) is 12.5 Å². The minimum absolute atomic E-state index is 0.710. The molecule has 23 heavy (non-hydrogen) atoms. The van der Waals surface area contributed by atoms with Gasteiger partial charge in [0.1, 0.15) is 5.75 Å². The molecule has 0 radical (unpaired) electrons. The van der Waals surface area contributed by atoms with Crippen molar-refractivity contribution in [3.8, 4) is 5.75 Å². The van der Waals surface area contributed by atoms with Crippen molar-refractivity contribution < 1.29 is 4.74 Å². The van der Waals surface area contributed by atoms with Crippen LogP contribution in [0.3, 0.4) is 0 Å². The Morgan fingerprint density at radius 3 is 2.87 bits per heavy atom. The molecule has 1 heterocycles. The average Bonchev–Trinajstić information content (AvgIpc) is 2.58. The summed E-state index contributed by atoms with van der Waals surface area (Å²) in [6.07, 6.45) is 3.55. The number of hydrogen-bond donors (Lipinski definition) is 2. The molecule has 1 aliphatic rings. The topological polar surface area (TPSA) is 48.9 Å². The van der Waals surface area contributed by atoms with Crippen molar-refractivity contribution in [3.05, 3.63) is 30.3 Å². The van der Waals surface area contributed by atoms with Crippen LogP contribution in [-0.2, 0) is 0 Å². The zero-order valence-corrected chi connectivity index (χ0v) is 14.4. The molecule has 5 nitrogen and oxygen atoms in total. The van der Waals surface area contributed by atoms with E-state index in [9.17, 15) is 0 Å². The van der Waals surface area contributed by atoms with Crippen molar-refractivity contribution >= 4 is 5.96 Å². The average molecular weight is 318 g/mol. The molecule has 2 N–H and O–H groups in total. The molecule has 0 aromatic heterocycles. The molecule has 0 saturated carbocycles. The molecule has 0 aliphatic carbocycles. The van der Waals surface area contributed by atoms with E-state index in [1.807, 2.05) is 37.4 Å². The molecular weight excluding hydrogens is 288 g/mol. The zero-order chi connectivity index (χ0) is 16.3. The number of aliphatic imine (C=N–C) groups is 1. The van der Waals surface area contributed by atoms with Crippen LogP contribution in [0.4, 0.5) is 0 Å². The lowest BCUT2D eigenvalue weighted by atomic mass is 9.99. The number of nitrogens with one attached hydrogen (secondary N) is 2. The van der Waals surface area contributed by atoms with Gasteiger partial charge in [0, 0.05) is 26.7 Å². The highest BCUT2D eigenvalue weighted by Crippen LogP contribution is 2.13. The summed E-state index contributed by atoms with van der Waals surface area (Å²) in [6, 6.07) is 9.93. The number of para-hydroxylation sites is 1. The van der Waals surface area contributed by atoms with Crippen LogP contribution < -0.4 is 15.4 Å². The number of likely N-dealkylation sites (tertiary alicyclic amines) is 1. The predicted molar refractivity (Wildman–Crippen MR) is 96.1 cm³/mol. The molecule has 128 valence electrons. The first-order valence-corrected chi connectivity index (χ1v) is 8.59. The number of ether oxygens (including phenoxy) is 1. The van der Waals surface area contributed by atoms with Gasteiger partial charge in [-0.25, -0.2) is 0 Å². The van der Waals surface area contributed by atoms with E-state index in [2.05, 4.69) is 27.6 Å². The Balaban J connectivity index is 1.56. The van der Waals surface area contributed by atoms with Crippen molar-refractivity contribution in [2.45, 2.75) is 19.3 Å². The summed E-state index contributed by atoms with van der Waals surface area (Å²) in [5, 5.41) is 6.79. The van der Waals surface area contributed by atoms with Crippen molar-refractivity contribution in [2.24, 2.45) is 10.9 Å². The molecule has 1 saturated heterocycles. The molecule has 5 heteroatoms. The van der Waals surface area contributed by atoms with E-state index in [1.54, 1.807) is 0 Å². The number of piperidine rings is 1. The fraction of sp³-hybridized carbons (Fsp3) is 0.611. The molecule has 0 amide bonds. The van der Waals surface area contributed by atoms with Crippen molar-refractivity contribution in [1.29, 1.82) is 0 Å². The summed E-state index contributed by atoms with van der Waals surface area (Å²) in [5.74, 6) is 2.53. The molecule has 1 aliphatic heterocycles. The molecule has 1 atom stereocenters. The number of hydrogen-bond acceptors (Lipinski definition) is 3. The molecule has 1 unspecified atom stereocenters. The largest absolute Gasteiger partial charge is 0.494 e. The van der Waals surface area contributed by atoms with Gasteiger partial charge in [0.05, 0.1) is 6.61 Å². The molecule has 0 bridgehead atoms. The number of nitrogens with zero attached hydrogens (tertiary/aromatic N) is 2. The summed E-state index contributed by atoms with van der Waals surface area (Å²) in [7, 11) is 4.02. The molecule has 1 aromatic carbocycles. The van der Waals surface area contributed by atoms with Gasteiger partial charge < -0.3 is 20.3 Å². The Kier molecular flexibility index (Phi) is 7.73. The highest BCUT2D eigenvalue weighted by molar-refractivity contribution is 5.79. The first-order valence-electron chi connectivity index (χ1n) is 8.59. The van der Waals surface area contributed by atoms with E-state index in [1.165, 1.54) is 25.9 Å². The normalized spacial score (nSPS) is 19.4. The summed E-state index contributed by atoms with van der Waals surface area (Å²) in [6.45, 7) is 4.96. The predicted octanol–water partition coefficient (Wildman–Crippen LogP) is 1.96. The standard InChI is InChI=1S/C18H30N4O/c1-19-18(21-14-16-8-6-12-22(2)15-16)20-11-7-13-23-17-9-4-3-5-10-17/h3-5,9-10,16H,6-8,11-15H2,1-2H3,(H2,19,20,21). The molecular formula is C18H30N4O. The summed E-state index contributed by atoms with van der Waals surface area (Å²) in [5.41, 5.74) is 0. The Hall–Kier alpha value is -1.75. The second kappa shape index (κ2) is 10.1. The summed E-state index contributed by atoms with van der Waals surface area (Å²) in [4.78, 5) is 6.70. The van der Waals surface area contributed by atoms with Gasteiger partial charge >= 0.3 is 0 Å². The van der Waals surface area contributed by atoms with Crippen molar-refractivity contribution in [1.82, 2.24) is 15.5 Å². The first kappa shape index (κ1) is 17.6. The molecule has 1 fully saturated rings. The van der Waals surface area contributed by atoms with E-state index in [-0.39, 0.29) is 0 Å². The minimum atomic E-state index is 0.710. The van der Waals surface area contributed by atoms with Gasteiger partial charge in [-0.05, 0) is 50.9 Å². The van der Waals surface area contributed by atoms with Gasteiger partial charge in [-0.2, -0.15) is 0 Å². The lowest BCUT2D eigenvalue weighted by Crippen LogP contribution is -2.43. The fourth-order valence-corrected chi connectivity index (χ4v) is 2.89. The SMILES string of the molecule is CN=C(NCCCOc1ccccc1)NCC1CCCN(C)C1. The van der Waals surface area contributed by atoms with Crippen LogP contribution in [0.5, 0.6) is 5.75 Å². The van der Waals surface area contributed by atoms with Gasteiger partial charge in [-0.3, -0.25) is 4.99 Å². The van der Waals surface area contributed by atoms with Crippen LogP contribution in [0.15, 0.2) is 35.3 Å². The van der Waals surface area contributed by atoms with Gasteiger partial charge in [0.25, 0.3) is 0 Å². The van der Waals surface area contributed by atoms with Gasteiger partial charge in [0.2, 0.25) is 0 Å². The van der Waals surface area contributed by atoms with Crippen LogP contribution in [0.25, 0.3) is 0 Å². The smallest absolute Gasteiger partial charge is 0.190 e. The minimum Gasteiger partial charge on any atom is -0.494 e. The first-order chi connectivity index (χ1) is 11.3. The third-order valence-corrected chi connectivity index (χ3v) is 4.13. The van der Waals surface area contributed by atoms with Crippen LogP contribution in [0, 0.1) is 5.92 Å². The number of guanidine groups is 1. The Morgan fingerprint density at radius 1 is 1.30 bits per heavy atom. The van der Waals surface area contributed by atoms with Crippen molar-refractivity contribution in [3.63, 3.8) is 0 Å². The van der Waals surface area contributed by atoms with Crippen LogP contribution in [0.1, 0.15) is 19.3 Å². The van der Waals surface area contributed by atoms with E-state index >= 15 is 0 Å². The second-order valence-corrected chi connectivity index (χ2v) is 6.17. The summed E-state index contributed by atoms with van der Waals surface area (Å²) < 4.78 is 5.68. The summed E-state index contributed by atoms with van der Waals surface area (Å²) >= 11 is 0. The maximum atomic E-state index is 5.68. The molecule has 0 spiro atoms. The highest BCUT2D eigenvalue weighted by atomic mass is 16.5. The van der Waals surface area contributed by atoms with Gasteiger partial charge in [-0.1, -0.05) is 18.2 Å². The number of benzene rings is 1. The van der Waals surface area contributed by atoms with E-state index < -0.39 is 0 Å². The third-order valence-electron chi connectivity index (χ3n) is 4.13. The maximum Gasteiger partial charge on any atom is 0.190 e. The highest BCUT2D eigenvalue weighted by Gasteiger charge is 2.17. The lowest BCUT2D eigenvalue weighted by molar-refractivity contribution is 0.210. The van der Waals surface area contributed by atoms with Gasteiger partial charge in [-0.15, -0.1) is 0 Å². The van der Waals surface area contributed by atoms with E-state index in [4.69, 9.17) is 4.74 Å². The Morgan fingerprint density at radius 2 is 2.13 bits per heavy atom. The Bertz CT molecular complexity index is 463. The third kappa shape index (κ3) is 6.91. The van der Waals surface area contributed by atoms with Crippen LogP contribution in [0.2, 0.25) is 0 Å². The monoisotopic (exact) mass is 318 g/mol. The number of rotatable bonds is 7. The quantitative estimate of drug-likeness (QED) is 0.458.